The smallest absolute Gasteiger partial charge is 0.407 e. The fourth-order valence-corrected chi connectivity index (χ4v) is 4.75. The van der Waals surface area contributed by atoms with Crippen molar-refractivity contribution in [3.05, 3.63) is 41.6 Å². The van der Waals surface area contributed by atoms with E-state index >= 15 is 0 Å². The predicted molar refractivity (Wildman–Crippen MR) is 119 cm³/mol. The van der Waals surface area contributed by atoms with Crippen molar-refractivity contribution in [3.8, 4) is 0 Å². The summed E-state index contributed by atoms with van der Waals surface area (Å²) >= 11 is 0. The van der Waals surface area contributed by atoms with Crippen molar-refractivity contribution < 1.29 is 22.7 Å². The standard InChI is InChI=1S/C21H29N5O5S/c1-3-10-31-21(28)23-16-9-8-14(11-16)17-13-19(26-25-17)24-20(27)12-15-6-4-5-7-18(15)32(29,30)22-2/h4-7,13-14,16,22H,3,8-12H2,1-2H3,(H,23,28)(H2,24,25,26,27)/t14-,16+/m0/s1. The maximum atomic E-state index is 12.5. The van der Waals surface area contributed by atoms with Crippen molar-refractivity contribution in [3.63, 3.8) is 0 Å². The summed E-state index contributed by atoms with van der Waals surface area (Å²) in [4.78, 5) is 24.3. The largest absolute Gasteiger partial charge is 0.450 e. The number of alkyl carbamates (subject to hydrolysis) is 1. The van der Waals surface area contributed by atoms with Gasteiger partial charge in [0.25, 0.3) is 0 Å². The Balaban J connectivity index is 1.56. The van der Waals surface area contributed by atoms with Crippen LogP contribution in [0.4, 0.5) is 10.6 Å². The van der Waals surface area contributed by atoms with Crippen molar-refractivity contribution in [1.29, 1.82) is 0 Å². The van der Waals surface area contributed by atoms with Gasteiger partial charge in [0.15, 0.2) is 5.82 Å². The van der Waals surface area contributed by atoms with Gasteiger partial charge in [-0.3, -0.25) is 9.89 Å². The lowest BCUT2D eigenvalue weighted by atomic mass is 10.0. The molecule has 0 unspecified atom stereocenters. The number of ether oxygens (including phenoxy) is 1. The lowest BCUT2D eigenvalue weighted by Gasteiger charge is -2.12. The molecule has 174 valence electrons. The monoisotopic (exact) mass is 463 g/mol. The van der Waals surface area contributed by atoms with E-state index in [1.165, 1.54) is 13.1 Å². The van der Waals surface area contributed by atoms with Gasteiger partial charge in [-0.15, -0.1) is 0 Å². The number of amides is 2. The molecule has 0 spiro atoms. The van der Waals surface area contributed by atoms with Gasteiger partial charge in [0, 0.05) is 23.7 Å². The highest BCUT2D eigenvalue weighted by atomic mass is 32.2. The number of anilines is 1. The van der Waals surface area contributed by atoms with E-state index in [4.69, 9.17) is 4.74 Å². The molecular weight excluding hydrogens is 434 g/mol. The van der Waals surface area contributed by atoms with Gasteiger partial charge in [0.1, 0.15) is 0 Å². The number of nitrogens with one attached hydrogen (secondary N) is 4. The summed E-state index contributed by atoms with van der Waals surface area (Å²) < 4.78 is 31.7. The third kappa shape index (κ3) is 6.07. The Bertz CT molecular complexity index is 1050. The number of rotatable bonds is 9. The normalized spacial score (nSPS) is 18.3. The summed E-state index contributed by atoms with van der Waals surface area (Å²) in [5.74, 6) is 0.190. The van der Waals surface area contributed by atoms with Crippen LogP contribution in [0.25, 0.3) is 0 Å². The van der Waals surface area contributed by atoms with Gasteiger partial charge in [-0.1, -0.05) is 25.1 Å². The second kappa shape index (κ2) is 10.6. The van der Waals surface area contributed by atoms with E-state index in [0.29, 0.717) is 18.0 Å². The third-order valence-electron chi connectivity index (χ3n) is 5.38. The topological polar surface area (TPSA) is 142 Å². The minimum absolute atomic E-state index is 0.0383. The molecule has 0 aliphatic heterocycles. The lowest BCUT2D eigenvalue weighted by Crippen LogP contribution is -2.33. The Hall–Kier alpha value is -2.92. The van der Waals surface area contributed by atoms with Gasteiger partial charge in [-0.25, -0.2) is 17.9 Å². The first-order valence-corrected chi connectivity index (χ1v) is 12.1. The van der Waals surface area contributed by atoms with Crippen LogP contribution >= 0.6 is 0 Å². The quantitative estimate of drug-likeness (QED) is 0.449. The van der Waals surface area contributed by atoms with Crippen LogP contribution < -0.4 is 15.4 Å². The van der Waals surface area contributed by atoms with Gasteiger partial charge in [-0.05, 0) is 44.4 Å². The second-order valence-electron chi connectivity index (χ2n) is 7.74. The molecule has 0 bridgehead atoms. The van der Waals surface area contributed by atoms with Gasteiger partial charge in [0.2, 0.25) is 15.9 Å². The number of benzene rings is 1. The van der Waals surface area contributed by atoms with E-state index in [2.05, 4.69) is 25.6 Å². The summed E-state index contributed by atoms with van der Waals surface area (Å²) in [6, 6.07) is 8.18. The number of carbonyl (C=O) groups excluding carboxylic acids is 2. The molecule has 11 heteroatoms. The first kappa shape index (κ1) is 23.7. The summed E-state index contributed by atoms with van der Waals surface area (Å²) in [5, 5.41) is 12.7. The number of H-pyrrole nitrogens is 1. The van der Waals surface area contributed by atoms with Crippen molar-refractivity contribution in [1.82, 2.24) is 20.2 Å². The fraction of sp³-hybridized carbons (Fsp3) is 0.476. The van der Waals surface area contributed by atoms with Crippen LogP contribution in [0.2, 0.25) is 0 Å². The number of hydrogen-bond donors (Lipinski definition) is 4. The predicted octanol–water partition coefficient (Wildman–Crippen LogP) is 2.27. The summed E-state index contributed by atoms with van der Waals surface area (Å²) in [7, 11) is -2.34. The highest BCUT2D eigenvalue weighted by molar-refractivity contribution is 7.89. The van der Waals surface area contributed by atoms with Crippen molar-refractivity contribution in [2.75, 3.05) is 19.0 Å². The molecule has 1 saturated carbocycles. The molecule has 32 heavy (non-hydrogen) atoms. The summed E-state index contributed by atoms with van der Waals surface area (Å²) in [6.07, 6.45) is 2.75. The molecule has 4 N–H and O–H groups in total. The summed E-state index contributed by atoms with van der Waals surface area (Å²) in [6.45, 7) is 2.34. The molecule has 2 amide bonds. The molecule has 0 saturated heterocycles. The number of hydrogen-bond acceptors (Lipinski definition) is 6. The highest BCUT2D eigenvalue weighted by Crippen LogP contribution is 2.34. The van der Waals surface area contributed by atoms with Crippen LogP contribution in [0, 0.1) is 0 Å². The molecular formula is C21H29N5O5S. The molecule has 1 aliphatic rings. The molecule has 3 rings (SSSR count). The van der Waals surface area contributed by atoms with E-state index in [0.717, 1.165) is 31.4 Å². The zero-order valence-corrected chi connectivity index (χ0v) is 19.0. The lowest BCUT2D eigenvalue weighted by molar-refractivity contribution is -0.115. The molecule has 0 radical (unpaired) electrons. The Morgan fingerprint density at radius 3 is 2.78 bits per heavy atom. The average Bonchev–Trinajstić information content (AvgIpc) is 3.42. The Morgan fingerprint density at radius 1 is 1.25 bits per heavy atom. The van der Waals surface area contributed by atoms with Gasteiger partial charge >= 0.3 is 6.09 Å². The Labute approximate surface area is 187 Å². The molecule has 1 aromatic heterocycles. The van der Waals surface area contributed by atoms with Crippen LogP contribution in [0.15, 0.2) is 35.2 Å². The van der Waals surface area contributed by atoms with E-state index in [-0.39, 0.29) is 29.2 Å². The van der Waals surface area contributed by atoms with Crippen LogP contribution in [0.3, 0.4) is 0 Å². The molecule has 10 nitrogen and oxygen atoms in total. The fourth-order valence-electron chi connectivity index (χ4n) is 3.79. The van der Waals surface area contributed by atoms with E-state index < -0.39 is 16.1 Å². The average molecular weight is 464 g/mol. The highest BCUT2D eigenvalue weighted by Gasteiger charge is 2.29. The zero-order chi connectivity index (χ0) is 23.1. The summed E-state index contributed by atoms with van der Waals surface area (Å²) in [5.41, 5.74) is 1.28. The molecule has 1 aliphatic carbocycles. The number of nitrogens with zero attached hydrogens (tertiary/aromatic N) is 1. The zero-order valence-electron chi connectivity index (χ0n) is 18.2. The maximum Gasteiger partial charge on any atom is 0.407 e. The second-order valence-corrected chi connectivity index (χ2v) is 9.59. The maximum absolute atomic E-state index is 12.5. The van der Waals surface area contributed by atoms with Gasteiger partial charge < -0.3 is 15.4 Å². The van der Waals surface area contributed by atoms with Gasteiger partial charge in [-0.2, -0.15) is 5.10 Å². The number of sulfonamides is 1. The number of aromatic nitrogens is 2. The minimum Gasteiger partial charge on any atom is -0.450 e. The van der Waals surface area contributed by atoms with Crippen molar-refractivity contribution in [2.45, 2.75) is 55.9 Å². The molecule has 2 aromatic rings. The van der Waals surface area contributed by atoms with Crippen LogP contribution in [-0.2, 0) is 26.0 Å². The first-order chi connectivity index (χ1) is 15.3. The molecule has 2 atom stereocenters. The van der Waals surface area contributed by atoms with E-state index in [1.54, 1.807) is 24.3 Å². The van der Waals surface area contributed by atoms with Crippen molar-refractivity contribution >= 4 is 27.8 Å². The number of aromatic amines is 1. The minimum atomic E-state index is -3.66. The Morgan fingerprint density at radius 2 is 2.03 bits per heavy atom. The van der Waals surface area contributed by atoms with E-state index in [9.17, 15) is 18.0 Å². The third-order valence-corrected chi connectivity index (χ3v) is 6.89. The molecule has 1 heterocycles. The van der Waals surface area contributed by atoms with Crippen LogP contribution in [0.1, 0.15) is 49.8 Å². The number of carbonyl (C=O) groups is 2. The molecule has 1 fully saturated rings. The van der Waals surface area contributed by atoms with E-state index in [1.807, 2.05) is 6.92 Å². The Kier molecular flexibility index (Phi) is 7.86. The van der Waals surface area contributed by atoms with Gasteiger partial charge in [0.05, 0.1) is 17.9 Å². The first-order valence-electron chi connectivity index (χ1n) is 10.6. The molecule has 1 aromatic carbocycles. The van der Waals surface area contributed by atoms with Crippen LogP contribution in [-0.4, -0.2) is 50.3 Å². The van der Waals surface area contributed by atoms with Crippen LogP contribution in [0.5, 0.6) is 0 Å². The van der Waals surface area contributed by atoms with Crippen molar-refractivity contribution in [2.24, 2.45) is 0 Å². The SMILES string of the molecule is CCCOC(=O)N[C@@H]1CC[C@H](c2cc(NC(=O)Cc3ccccc3S(=O)(=O)NC)n[nH]2)C1.